The first kappa shape index (κ1) is 15.0. The third-order valence-electron chi connectivity index (χ3n) is 3.44. The average Bonchev–Trinajstić information content (AvgIpc) is 2.47. The Bertz CT molecular complexity index is 623. The number of pyridine rings is 1. The second kappa shape index (κ2) is 6.88. The van der Waals surface area contributed by atoms with Gasteiger partial charge in [-0.3, -0.25) is 9.78 Å². The lowest BCUT2D eigenvalue weighted by molar-refractivity contribution is -0.116. The lowest BCUT2D eigenvalue weighted by Gasteiger charge is -2.17. The maximum Gasteiger partial charge on any atom is 0.224 e. The van der Waals surface area contributed by atoms with Crippen molar-refractivity contribution in [1.29, 1.82) is 0 Å². The van der Waals surface area contributed by atoms with E-state index in [1.165, 1.54) is 11.1 Å². The summed E-state index contributed by atoms with van der Waals surface area (Å²) in [5.74, 6) is 0.00866. The summed E-state index contributed by atoms with van der Waals surface area (Å²) in [6.07, 6.45) is 4.61. The van der Waals surface area contributed by atoms with Crippen molar-refractivity contribution in [3.05, 3.63) is 53.9 Å². The van der Waals surface area contributed by atoms with Crippen molar-refractivity contribution < 1.29 is 4.79 Å². The summed E-state index contributed by atoms with van der Waals surface area (Å²) in [5.41, 5.74) is 4.14. The summed E-state index contributed by atoms with van der Waals surface area (Å²) < 4.78 is 0. The summed E-state index contributed by atoms with van der Waals surface area (Å²) in [5, 5.41) is 2.94. The van der Waals surface area contributed by atoms with Crippen molar-refractivity contribution in [3.63, 3.8) is 0 Å². The quantitative estimate of drug-likeness (QED) is 0.917. The Kier molecular flexibility index (Phi) is 4.93. The van der Waals surface area contributed by atoms with Gasteiger partial charge < -0.3 is 10.2 Å². The van der Waals surface area contributed by atoms with Crippen LogP contribution >= 0.6 is 0 Å². The van der Waals surface area contributed by atoms with E-state index in [4.69, 9.17) is 0 Å². The van der Waals surface area contributed by atoms with E-state index in [2.05, 4.69) is 29.4 Å². The molecule has 0 saturated heterocycles. The number of carbonyl (C=O) groups excluding carboxylic acids is 1. The number of rotatable bonds is 5. The van der Waals surface area contributed by atoms with Crippen LogP contribution in [-0.2, 0) is 11.2 Å². The van der Waals surface area contributed by atoms with Crippen molar-refractivity contribution in [2.75, 3.05) is 24.3 Å². The highest BCUT2D eigenvalue weighted by Gasteiger charge is 2.09. The summed E-state index contributed by atoms with van der Waals surface area (Å²) in [4.78, 5) is 18.1. The fourth-order valence-corrected chi connectivity index (χ4v) is 2.22. The molecule has 4 heteroatoms. The largest absolute Gasteiger partial charge is 0.376 e. The standard InChI is InChI=1S/C17H21N3O/c1-13-6-4-5-7-14(13)8-9-17(21)19-15-12-18-11-10-16(15)20(2)3/h4-7,10-12H,8-9H2,1-3H3,(H,19,21). The van der Waals surface area contributed by atoms with E-state index in [-0.39, 0.29) is 5.91 Å². The van der Waals surface area contributed by atoms with Crippen LogP contribution in [0.15, 0.2) is 42.7 Å². The molecule has 0 spiro atoms. The summed E-state index contributed by atoms with van der Waals surface area (Å²) in [6, 6.07) is 10.0. The molecule has 0 radical (unpaired) electrons. The Morgan fingerprint density at radius 1 is 1.24 bits per heavy atom. The Balaban J connectivity index is 1.98. The molecule has 0 aliphatic carbocycles. The number of amides is 1. The fraction of sp³-hybridized carbons (Fsp3) is 0.294. The number of carbonyl (C=O) groups is 1. The van der Waals surface area contributed by atoms with E-state index >= 15 is 0 Å². The molecule has 0 atom stereocenters. The molecular formula is C17H21N3O. The van der Waals surface area contributed by atoms with Gasteiger partial charge in [0.15, 0.2) is 0 Å². The molecule has 110 valence electrons. The Morgan fingerprint density at radius 2 is 2.00 bits per heavy atom. The normalized spacial score (nSPS) is 10.2. The number of nitrogens with one attached hydrogen (secondary N) is 1. The molecule has 21 heavy (non-hydrogen) atoms. The number of nitrogens with zero attached hydrogens (tertiary/aromatic N) is 2. The first-order valence-electron chi connectivity index (χ1n) is 7.03. The highest BCUT2D eigenvalue weighted by molar-refractivity contribution is 5.94. The van der Waals surface area contributed by atoms with Gasteiger partial charge in [0.2, 0.25) is 5.91 Å². The van der Waals surface area contributed by atoms with Crippen LogP contribution in [0.4, 0.5) is 11.4 Å². The number of aryl methyl sites for hydroxylation is 2. The summed E-state index contributed by atoms with van der Waals surface area (Å²) >= 11 is 0. The van der Waals surface area contributed by atoms with Gasteiger partial charge in [-0.25, -0.2) is 0 Å². The van der Waals surface area contributed by atoms with Crippen LogP contribution in [0.2, 0.25) is 0 Å². The van der Waals surface area contributed by atoms with Gasteiger partial charge >= 0.3 is 0 Å². The number of benzene rings is 1. The molecule has 4 nitrogen and oxygen atoms in total. The highest BCUT2D eigenvalue weighted by atomic mass is 16.1. The van der Waals surface area contributed by atoms with Crippen LogP contribution in [0, 0.1) is 6.92 Å². The van der Waals surface area contributed by atoms with Crippen molar-refractivity contribution in [1.82, 2.24) is 4.98 Å². The molecule has 1 N–H and O–H groups in total. The summed E-state index contributed by atoms with van der Waals surface area (Å²) in [6.45, 7) is 2.07. The van der Waals surface area contributed by atoms with Crippen LogP contribution in [-0.4, -0.2) is 25.0 Å². The van der Waals surface area contributed by atoms with E-state index < -0.39 is 0 Å². The summed E-state index contributed by atoms with van der Waals surface area (Å²) in [7, 11) is 3.89. The van der Waals surface area contributed by atoms with Crippen LogP contribution in [0.25, 0.3) is 0 Å². The predicted octanol–water partition coefficient (Wildman–Crippen LogP) is 3.03. The zero-order chi connectivity index (χ0) is 15.2. The molecular weight excluding hydrogens is 262 g/mol. The van der Waals surface area contributed by atoms with Gasteiger partial charge in [0.05, 0.1) is 17.6 Å². The molecule has 0 aliphatic heterocycles. The first-order valence-corrected chi connectivity index (χ1v) is 7.03. The van der Waals surface area contributed by atoms with Gasteiger partial charge in [-0.15, -0.1) is 0 Å². The van der Waals surface area contributed by atoms with Gasteiger partial charge in [-0.2, -0.15) is 0 Å². The predicted molar refractivity (Wildman–Crippen MR) is 86.7 cm³/mol. The van der Waals surface area contributed by atoms with E-state index in [0.29, 0.717) is 6.42 Å². The van der Waals surface area contributed by atoms with Crippen molar-refractivity contribution in [3.8, 4) is 0 Å². The van der Waals surface area contributed by atoms with E-state index in [1.807, 2.05) is 37.2 Å². The van der Waals surface area contributed by atoms with Crippen molar-refractivity contribution in [2.24, 2.45) is 0 Å². The van der Waals surface area contributed by atoms with E-state index in [1.54, 1.807) is 12.4 Å². The van der Waals surface area contributed by atoms with E-state index in [9.17, 15) is 4.79 Å². The monoisotopic (exact) mass is 283 g/mol. The molecule has 0 saturated carbocycles. The Labute approximate surface area is 125 Å². The average molecular weight is 283 g/mol. The third kappa shape index (κ3) is 4.05. The first-order chi connectivity index (χ1) is 10.1. The van der Waals surface area contributed by atoms with Gasteiger partial charge in [-0.1, -0.05) is 24.3 Å². The molecule has 1 heterocycles. The maximum absolute atomic E-state index is 12.1. The highest BCUT2D eigenvalue weighted by Crippen LogP contribution is 2.22. The topological polar surface area (TPSA) is 45.2 Å². The molecule has 2 aromatic rings. The van der Waals surface area contributed by atoms with Crippen LogP contribution in [0.3, 0.4) is 0 Å². The molecule has 0 bridgehead atoms. The van der Waals surface area contributed by atoms with Crippen LogP contribution in [0.1, 0.15) is 17.5 Å². The molecule has 0 fully saturated rings. The van der Waals surface area contributed by atoms with Crippen LogP contribution in [0.5, 0.6) is 0 Å². The zero-order valence-electron chi connectivity index (χ0n) is 12.8. The second-order valence-electron chi connectivity index (χ2n) is 5.26. The van der Waals surface area contributed by atoms with E-state index in [0.717, 1.165) is 17.8 Å². The Morgan fingerprint density at radius 3 is 2.71 bits per heavy atom. The number of hydrogen-bond donors (Lipinski definition) is 1. The molecule has 1 amide bonds. The second-order valence-corrected chi connectivity index (χ2v) is 5.26. The minimum absolute atomic E-state index is 0.00866. The number of hydrogen-bond acceptors (Lipinski definition) is 3. The molecule has 2 rings (SSSR count). The number of aromatic nitrogens is 1. The zero-order valence-corrected chi connectivity index (χ0v) is 12.8. The van der Waals surface area contributed by atoms with Gasteiger partial charge in [-0.05, 0) is 30.5 Å². The van der Waals surface area contributed by atoms with Gasteiger partial charge in [0.25, 0.3) is 0 Å². The molecule has 1 aromatic heterocycles. The fourth-order valence-electron chi connectivity index (χ4n) is 2.22. The third-order valence-corrected chi connectivity index (χ3v) is 3.44. The minimum atomic E-state index is 0.00866. The number of anilines is 2. The van der Waals surface area contributed by atoms with Crippen molar-refractivity contribution >= 4 is 17.3 Å². The lowest BCUT2D eigenvalue weighted by atomic mass is 10.0. The SMILES string of the molecule is Cc1ccccc1CCC(=O)Nc1cnccc1N(C)C. The maximum atomic E-state index is 12.1. The minimum Gasteiger partial charge on any atom is -0.376 e. The Hall–Kier alpha value is -2.36. The smallest absolute Gasteiger partial charge is 0.224 e. The molecule has 1 aromatic carbocycles. The van der Waals surface area contributed by atoms with Crippen molar-refractivity contribution in [2.45, 2.75) is 19.8 Å². The lowest BCUT2D eigenvalue weighted by Crippen LogP contribution is -2.17. The molecule has 0 unspecified atom stereocenters. The van der Waals surface area contributed by atoms with Crippen LogP contribution < -0.4 is 10.2 Å². The van der Waals surface area contributed by atoms with Gasteiger partial charge in [0, 0.05) is 26.7 Å². The van der Waals surface area contributed by atoms with Gasteiger partial charge in [0.1, 0.15) is 0 Å². The molecule has 0 aliphatic rings.